The molecule has 1 amide bonds. The first-order chi connectivity index (χ1) is 9.02. The summed E-state index contributed by atoms with van der Waals surface area (Å²) in [5.74, 6) is -1.35. The topological polar surface area (TPSA) is 79.7 Å². The number of hydrogen-bond acceptors (Lipinski definition) is 5. The van der Waals surface area contributed by atoms with Crippen LogP contribution in [0.25, 0.3) is 0 Å². The molecule has 1 fully saturated rings. The molecular formula is C12H16N2O4S. The summed E-state index contributed by atoms with van der Waals surface area (Å²) in [6, 6.07) is 0. The number of anilines is 1. The maximum absolute atomic E-state index is 12.3. The molecule has 0 bridgehead atoms. The first kappa shape index (κ1) is 14.0. The third kappa shape index (κ3) is 2.76. The number of amides is 1. The number of carbonyl (C=O) groups is 2. The van der Waals surface area contributed by atoms with Gasteiger partial charge in [-0.05, 0) is 31.3 Å². The Morgan fingerprint density at radius 1 is 1.53 bits per heavy atom. The van der Waals surface area contributed by atoms with Gasteiger partial charge in [0.05, 0.1) is 18.2 Å². The van der Waals surface area contributed by atoms with Crippen LogP contribution in [0, 0.1) is 12.8 Å². The maximum atomic E-state index is 12.3. The smallest absolute Gasteiger partial charge is 0.340 e. The summed E-state index contributed by atoms with van der Waals surface area (Å²) < 4.78 is 9.32. The second kappa shape index (κ2) is 5.66. The van der Waals surface area contributed by atoms with Crippen molar-refractivity contribution in [2.24, 2.45) is 5.92 Å². The minimum absolute atomic E-state index is 0.106. The molecule has 1 aliphatic rings. The molecule has 1 aromatic rings. The molecule has 0 radical (unpaired) electrons. The van der Waals surface area contributed by atoms with Gasteiger partial charge in [0.15, 0.2) is 0 Å². The molecule has 19 heavy (non-hydrogen) atoms. The van der Waals surface area contributed by atoms with Crippen molar-refractivity contribution in [3.63, 3.8) is 0 Å². The van der Waals surface area contributed by atoms with Crippen LogP contribution in [0.4, 0.5) is 5.00 Å². The number of aryl methyl sites for hydroxylation is 1. The van der Waals surface area contributed by atoms with Crippen LogP contribution in [0.1, 0.15) is 28.9 Å². The monoisotopic (exact) mass is 284 g/mol. The number of hydrogen-bond donors (Lipinski definition) is 1. The van der Waals surface area contributed by atoms with Crippen LogP contribution < -0.4 is 4.90 Å². The predicted octanol–water partition coefficient (Wildman–Crippen LogP) is 1.54. The number of aromatic carboxylic acids is 1. The Kier molecular flexibility index (Phi) is 4.16. The molecule has 6 nitrogen and oxygen atoms in total. The fraction of sp³-hybridized carbons (Fsp3) is 0.583. The summed E-state index contributed by atoms with van der Waals surface area (Å²) >= 11 is 1.04. The minimum Gasteiger partial charge on any atom is -0.478 e. The van der Waals surface area contributed by atoms with Crippen molar-refractivity contribution < 1.29 is 19.4 Å². The molecule has 0 aliphatic carbocycles. The number of aromatic nitrogens is 1. The third-order valence-corrected chi connectivity index (χ3v) is 4.22. The van der Waals surface area contributed by atoms with Gasteiger partial charge in [0.2, 0.25) is 5.91 Å². The van der Waals surface area contributed by atoms with E-state index in [1.54, 1.807) is 14.0 Å². The van der Waals surface area contributed by atoms with E-state index in [1.807, 2.05) is 0 Å². The molecule has 1 aromatic heterocycles. The number of carboxylic acid groups (broad SMARTS) is 1. The van der Waals surface area contributed by atoms with Crippen LogP contribution in [0.2, 0.25) is 0 Å². The number of carboxylic acids is 1. The van der Waals surface area contributed by atoms with E-state index in [0.717, 1.165) is 24.4 Å². The van der Waals surface area contributed by atoms with Crippen LogP contribution in [-0.2, 0) is 9.53 Å². The molecule has 104 valence electrons. The van der Waals surface area contributed by atoms with Gasteiger partial charge in [-0.3, -0.25) is 4.79 Å². The third-order valence-electron chi connectivity index (χ3n) is 3.20. The highest BCUT2D eigenvalue weighted by atomic mass is 32.1. The largest absolute Gasteiger partial charge is 0.478 e. The van der Waals surface area contributed by atoms with Crippen molar-refractivity contribution in [3.05, 3.63) is 11.3 Å². The van der Waals surface area contributed by atoms with Crippen molar-refractivity contribution in [2.45, 2.75) is 19.8 Å². The first-order valence-electron chi connectivity index (χ1n) is 6.07. The van der Waals surface area contributed by atoms with Gasteiger partial charge in [0.25, 0.3) is 0 Å². The van der Waals surface area contributed by atoms with Gasteiger partial charge in [-0.25, -0.2) is 4.79 Å². The van der Waals surface area contributed by atoms with Crippen LogP contribution in [-0.4, -0.2) is 41.6 Å². The number of rotatable bonds is 3. The highest BCUT2D eigenvalue weighted by molar-refractivity contribution is 7.11. The average Bonchev–Trinajstić information content (AvgIpc) is 2.80. The molecule has 1 atom stereocenters. The molecule has 0 spiro atoms. The van der Waals surface area contributed by atoms with Crippen LogP contribution >= 0.6 is 11.5 Å². The Balaban J connectivity index is 2.21. The van der Waals surface area contributed by atoms with Gasteiger partial charge < -0.3 is 14.7 Å². The van der Waals surface area contributed by atoms with E-state index in [4.69, 9.17) is 4.74 Å². The van der Waals surface area contributed by atoms with E-state index >= 15 is 0 Å². The zero-order valence-corrected chi connectivity index (χ0v) is 11.7. The second-order valence-corrected chi connectivity index (χ2v) is 5.32. The first-order valence-corrected chi connectivity index (χ1v) is 6.84. The molecule has 0 aromatic carbocycles. The Bertz CT molecular complexity index is 494. The van der Waals surface area contributed by atoms with Crippen LogP contribution in [0.15, 0.2) is 0 Å². The van der Waals surface area contributed by atoms with Gasteiger partial charge in [-0.2, -0.15) is 4.37 Å². The van der Waals surface area contributed by atoms with Gasteiger partial charge in [-0.15, -0.1) is 0 Å². The molecule has 7 heteroatoms. The highest BCUT2D eigenvalue weighted by Gasteiger charge is 2.29. The van der Waals surface area contributed by atoms with E-state index < -0.39 is 5.97 Å². The lowest BCUT2D eigenvalue weighted by Crippen LogP contribution is -2.37. The summed E-state index contributed by atoms with van der Waals surface area (Å²) in [4.78, 5) is 24.9. The molecule has 2 rings (SSSR count). The molecule has 1 N–H and O–H groups in total. The lowest BCUT2D eigenvalue weighted by Gasteiger charge is -2.25. The minimum atomic E-state index is -1.05. The number of carbonyl (C=O) groups excluding carboxylic acids is 1. The molecule has 0 saturated carbocycles. The van der Waals surface area contributed by atoms with E-state index in [1.165, 1.54) is 4.90 Å². The van der Waals surface area contributed by atoms with E-state index in [-0.39, 0.29) is 17.4 Å². The van der Waals surface area contributed by atoms with Crippen molar-refractivity contribution in [3.8, 4) is 0 Å². The zero-order valence-electron chi connectivity index (χ0n) is 10.9. The summed E-state index contributed by atoms with van der Waals surface area (Å²) in [5.41, 5.74) is 0.546. The van der Waals surface area contributed by atoms with Gasteiger partial charge in [0, 0.05) is 13.7 Å². The second-order valence-electron chi connectivity index (χ2n) is 4.56. The van der Waals surface area contributed by atoms with Crippen molar-refractivity contribution >= 4 is 28.4 Å². The SMILES string of the molecule is Cc1nsc(N(C)C(=O)C2CCCOC2)c1C(=O)O. The standard InChI is InChI=1S/C12H16N2O4S/c1-7-9(12(16)17)11(19-13-7)14(2)10(15)8-4-3-5-18-6-8/h8H,3-6H2,1-2H3,(H,16,17). The lowest BCUT2D eigenvalue weighted by molar-refractivity contribution is -0.125. The van der Waals surface area contributed by atoms with Crippen LogP contribution in [0.3, 0.4) is 0 Å². The van der Waals surface area contributed by atoms with Crippen molar-refractivity contribution in [1.82, 2.24) is 4.37 Å². The van der Waals surface area contributed by atoms with Gasteiger partial charge in [-0.1, -0.05) is 0 Å². The molecule has 1 aliphatic heterocycles. The summed E-state index contributed by atoms with van der Waals surface area (Å²) in [7, 11) is 1.59. The quantitative estimate of drug-likeness (QED) is 0.910. The maximum Gasteiger partial charge on any atom is 0.340 e. The average molecular weight is 284 g/mol. The Morgan fingerprint density at radius 3 is 2.84 bits per heavy atom. The summed E-state index contributed by atoms with van der Waals surface area (Å²) in [6.07, 6.45) is 1.64. The van der Waals surface area contributed by atoms with Crippen molar-refractivity contribution in [2.75, 3.05) is 25.2 Å². The fourth-order valence-electron chi connectivity index (χ4n) is 2.14. The van der Waals surface area contributed by atoms with Crippen LogP contribution in [0.5, 0.6) is 0 Å². The molecule has 1 saturated heterocycles. The predicted molar refractivity (Wildman–Crippen MR) is 70.8 cm³/mol. The summed E-state index contributed by atoms with van der Waals surface area (Å²) in [6.45, 7) is 2.72. The van der Waals surface area contributed by atoms with Gasteiger partial charge >= 0.3 is 5.97 Å². The number of nitrogens with zero attached hydrogens (tertiary/aromatic N) is 2. The zero-order chi connectivity index (χ0) is 14.0. The van der Waals surface area contributed by atoms with E-state index in [9.17, 15) is 14.7 Å². The van der Waals surface area contributed by atoms with E-state index in [0.29, 0.717) is 23.9 Å². The van der Waals surface area contributed by atoms with E-state index in [2.05, 4.69) is 4.37 Å². The highest BCUT2D eigenvalue weighted by Crippen LogP contribution is 2.29. The Hall–Kier alpha value is -1.47. The summed E-state index contributed by atoms with van der Waals surface area (Å²) in [5, 5.41) is 9.57. The fourth-order valence-corrected chi connectivity index (χ4v) is 3.00. The normalized spacial score (nSPS) is 19.2. The van der Waals surface area contributed by atoms with Crippen molar-refractivity contribution in [1.29, 1.82) is 0 Å². The Morgan fingerprint density at radius 2 is 2.26 bits per heavy atom. The van der Waals surface area contributed by atoms with Gasteiger partial charge in [0.1, 0.15) is 10.6 Å². The molecule has 1 unspecified atom stereocenters. The molecule has 2 heterocycles. The lowest BCUT2D eigenvalue weighted by atomic mass is 10.0. The molecular weight excluding hydrogens is 268 g/mol. The number of ether oxygens (including phenoxy) is 1. The Labute approximate surface area is 115 Å².